The van der Waals surface area contributed by atoms with E-state index in [2.05, 4.69) is 30.7 Å². The second-order valence-corrected chi connectivity index (χ2v) is 11.1. The van der Waals surface area contributed by atoms with E-state index >= 15 is 0 Å². The minimum Gasteiger partial charge on any atom is -0.465 e. The monoisotopic (exact) mass is 538 g/mol. The highest BCUT2D eigenvalue weighted by Gasteiger charge is 2.23. The van der Waals surface area contributed by atoms with Crippen LogP contribution in [-0.4, -0.2) is 41.0 Å². The van der Waals surface area contributed by atoms with Gasteiger partial charge in [-0.15, -0.1) is 0 Å². The van der Waals surface area contributed by atoms with Crippen molar-refractivity contribution < 1.29 is 24.0 Å². The Morgan fingerprint density at radius 2 is 1.18 bits per heavy atom. The highest BCUT2D eigenvalue weighted by atomic mass is 16.6. The molecule has 0 bridgehead atoms. The number of nitro groups is 1. The first kappa shape index (κ1) is 30.9. The zero-order chi connectivity index (χ0) is 28.6. The topological polar surface area (TPSA) is 153 Å². The fourth-order valence-electron chi connectivity index (χ4n) is 3.95. The van der Waals surface area contributed by atoms with Crippen LogP contribution in [0.4, 0.5) is 11.4 Å². The first-order valence-electron chi connectivity index (χ1n) is 12.0. The fraction of sp³-hybridized carbons (Fsp3) is 0.379. The summed E-state index contributed by atoms with van der Waals surface area (Å²) < 4.78 is 9.47. The number of nitrogens with two attached hydrogens (primary N) is 1. The van der Waals surface area contributed by atoms with Gasteiger partial charge >= 0.3 is 11.9 Å². The summed E-state index contributed by atoms with van der Waals surface area (Å²) in [5.41, 5.74) is 10.0. The lowest BCUT2D eigenvalue weighted by molar-refractivity contribution is -0.384. The van der Waals surface area contributed by atoms with Crippen molar-refractivity contribution in [1.82, 2.24) is 9.97 Å². The zero-order valence-corrected chi connectivity index (χ0v) is 22.9. The molecular weight excluding hydrogens is 500 g/mol. The van der Waals surface area contributed by atoms with Crippen LogP contribution in [0.2, 0.25) is 0 Å². The summed E-state index contributed by atoms with van der Waals surface area (Å²) in [6, 6.07) is 10.0. The molecule has 0 spiro atoms. The summed E-state index contributed by atoms with van der Waals surface area (Å²) in [5.74, 6) is -0.976. The van der Waals surface area contributed by atoms with Crippen molar-refractivity contribution in [2.45, 2.75) is 59.8 Å². The Bertz CT molecular complexity index is 1530. The molecule has 0 atom stereocenters. The minimum atomic E-state index is -0.596. The van der Waals surface area contributed by atoms with Crippen molar-refractivity contribution in [3.63, 3.8) is 0 Å². The maximum atomic E-state index is 11.8. The molecule has 10 nitrogen and oxygen atoms in total. The Morgan fingerprint density at radius 1 is 0.769 bits per heavy atom. The standard InChI is InChI=1S/C14H16N2O4.C14H18N2O2.CH4/c1-14(2,3)11-6-8-5-9(16(18)19)7-10(12(8)15-11)13(17)20-4;1-14(2,3)11-6-8-5-9(15)7-10(12(8)16-11)13(17)18-4;/h5-7,15H,1-4H3;5-7,16H,15H2,1-4H3;1H4. The highest BCUT2D eigenvalue weighted by Crippen LogP contribution is 2.31. The fourth-order valence-corrected chi connectivity index (χ4v) is 3.95. The maximum absolute atomic E-state index is 11.8. The van der Waals surface area contributed by atoms with E-state index < -0.39 is 10.9 Å². The lowest BCUT2D eigenvalue weighted by atomic mass is 9.92. The number of ether oxygens (including phenoxy) is 2. The van der Waals surface area contributed by atoms with Gasteiger partial charge in [0, 0.05) is 50.8 Å². The number of nitrogen functional groups attached to an aromatic ring is 1. The molecule has 10 heteroatoms. The van der Waals surface area contributed by atoms with Gasteiger partial charge in [0.25, 0.3) is 5.69 Å². The van der Waals surface area contributed by atoms with E-state index in [1.807, 2.05) is 39.0 Å². The molecule has 0 aliphatic carbocycles. The predicted molar refractivity (Wildman–Crippen MR) is 154 cm³/mol. The summed E-state index contributed by atoms with van der Waals surface area (Å²) in [6.45, 7) is 12.4. The Hall–Kier alpha value is -4.34. The van der Waals surface area contributed by atoms with Crippen LogP contribution in [0.5, 0.6) is 0 Å². The van der Waals surface area contributed by atoms with Crippen LogP contribution in [-0.2, 0) is 20.3 Å². The van der Waals surface area contributed by atoms with E-state index in [0.29, 0.717) is 22.2 Å². The van der Waals surface area contributed by atoms with E-state index in [4.69, 9.17) is 15.2 Å². The number of carbonyl (C=O) groups excluding carboxylic acids is 2. The third kappa shape index (κ3) is 6.57. The lowest BCUT2D eigenvalue weighted by Crippen LogP contribution is -2.11. The number of hydrogen-bond acceptors (Lipinski definition) is 7. The molecule has 2 aromatic carbocycles. The number of esters is 2. The summed E-state index contributed by atoms with van der Waals surface area (Å²) in [4.78, 5) is 40.4. The normalized spacial score (nSPS) is 11.4. The number of aromatic amines is 2. The van der Waals surface area contributed by atoms with E-state index in [0.717, 1.165) is 22.3 Å². The Labute approximate surface area is 228 Å². The Morgan fingerprint density at radius 3 is 1.56 bits per heavy atom. The smallest absolute Gasteiger partial charge is 0.340 e. The van der Waals surface area contributed by atoms with Crippen LogP contribution in [0.1, 0.15) is 81.1 Å². The van der Waals surface area contributed by atoms with Crippen LogP contribution < -0.4 is 5.73 Å². The summed E-state index contributed by atoms with van der Waals surface area (Å²) in [6.07, 6.45) is 0. The lowest BCUT2D eigenvalue weighted by Gasteiger charge is -2.15. The molecule has 0 saturated carbocycles. The molecule has 39 heavy (non-hydrogen) atoms. The number of aromatic nitrogens is 2. The van der Waals surface area contributed by atoms with Gasteiger partial charge in [-0.3, -0.25) is 10.1 Å². The van der Waals surface area contributed by atoms with Gasteiger partial charge in [0.1, 0.15) is 0 Å². The van der Waals surface area contributed by atoms with E-state index in [9.17, 15) is 19.7 Å². The van der Waals surface area contributed by atoms with Crippen molar-refractivity contribution in [3.8, 4) is 0 Å². The molecule has 2 aromatic heterocycles. The predicted octanol–water partition coefficient (Wildman–Crippen LogP) is 6.63. The number of rotatable bonds is 3. The molecular formula is C29H38N4O6. The number of benzene rings is 2. The first-order valence-corrected chi connectivity index (χ1v) is 12.0. The molecule has 4 aromatic rings. The molecule has 210 valence electrons. The molecule has 4 N–H and O–H groups in total. The van der Waals surface area contributed by atoms with Gasteiger partial charge in [-0.1, -0.05) is 49.0 Å². The number of methoxy groups -OCH3 is 2. The number of non-ortho nitro benzene ring substituents is 1. The van der Waals surface area contributed by atoms with E-state index in [1.165, 1.54) is 26.4 Å². The van der Waals surface area contributed by atoms with Gasteiger partial charge in [-0.2, -0.15) is 0 Å². The summed E-state index contributed by atoms with van der Waals surface area (Å²) in [7, 11) is 2.62. The number of fused-ring (bicyclic) bond motifs is 2. The molecule has 0 unspecified atom stereocenters. The first-order chi connectivity index (χ1) is 17.6. The average molecular weight is 539 g/mol. The molecule has 0 amide bonds. The number of nitrogens with one attached hydrogen (secondary N) is 2. The van der Waals surface area contributed by atoms with Crippen LogP contribution in [0.15, 0.2) is 36.4 Å². The van der Waals surface area contributed by atoms with Gasteiger partial charge in [0.2, 0.25) is 0 Å². The molecule has 0 radical (unpaired) electrons. The Balaban J connectivity index is 0.000000268. The SMILES string of the molecule is C.COC(=O)c1cc(N)cc2cc(C(C)(C)C)[nH]c12.COC(=O)c1cc([N+](=O)[O-])cc2cc(C(C)(C)C)[nH]c12. The molecule has 0 saturated heterocycles. The zero-order valence-electron chi connectivity index (χ0n) is 22.9. The minimum absolute atomic E-state index is 0. The van der Waals surface area contributed by atoms with Gasteiger partial charge in [0.05, 0.1) is 41.3 Å². The van der Waals surface area contributed by atoms with Crippen LogP contribution in [0, 0.1) is 10.1 Å². The van der Waals surface area contributed by atoms with Gasteiger partial charge < -0.3 is 25.2 Å². The van der Waals surface area contributed by atoms with Gasteiger partial charge in [0.15, 0.2) is 0 Å². The summed E-state index contributed by atoms with van der Waals surface area (Å²) in [5, 5.41) is 12.5. The van der Waals surface area contributed by atoms with Crippen molar-refractivity contribution in [1.29, 1.82) is 0 Å². The van der Waals surface area contributed by atoms with Gasteiger partial charge in [-0.25, -0.2) is 9.59 Å². The van der Waals surface area contributed by atoms with Crippen LogP contribution in [0.3, 0.4) is 0 Å². The van der Waals surface area contributed by atoms with Crippen molar-refractivity contribution in [3.05, 3.63) is 69.0 Å². The van der Waals surface area contributed by atoms with E-state index in [-0.39, 0.29) is 35.5 Å². The number of nitro benzene ring substituents is 1. The molecule has 0 fully saturated rings. The third-order valence-corrected chi connectivity index (χ3v) is 6.10. The maximum Gasteiger partial charge on any atom is 0.340 e. The molecule has 0 aliphatic rings. The highest BCUT2D eigenvalue weighted by molar-refractivity contribution is 6.05. The van der Waals surface area contributed by atoms with E-state index in [1.54, 1.807) is 6.07 Å². The molecule has 0 aliphatic heterocycles. The quantitative estimate of drug-likeness (QED) is 0.114. The van der Waals surface area contributed by atoms with Gasteiger partial charge in [-0.05, 0) is 24.3 Å². The average Bonchev–Trinajstić information content (AvgIpc) is 3.46. The Kier molecular flexibility index (Phi) is 8.86. The van der Waals surface area contributed by atoms with Crippen LogP contribution in [0.25, 0.3) is 21.8 Å². The number of H-pyrrole nitrogens is 2. The number of carbonyl (C=O) groups is 2. The third-order valence-electron chi connectivity index (χ3n) is 6.10. The van der Waals surface area contributed by atoms with Crippen molar-refractivity contribution in [2.24, 2.45) is 0 Å². The van der Waals surface area contributed by atoms with Crippen molar-refractivity contribution in [2.75, 3.05) is 20.0 Å². The largest absolute Gasteiger partial charge is 0.465 e. The molecule has 4 rings (SSSR count). The van der Waals surface area contributed by atoms with Crippen molar-refractivity contribution >= 4 is 45.1 Å². The second-order valence-electron chi connectivity index (χ2n) is 11.1. The summed E-state index contributed by atoms with van der Waals surface area (Å²) >= 11 is 0. The number of anilines is 1. The second kappa shape index (κ2) is 11.2. The molecule has 2 heterocycles. The number of nitrogens with zero attached hydrogens (tertiary/aromatic N) is 1. The number of hydrogen-bond donors (Lipinski definition) is 3. The van der Waals surface area contributed by atoms with Crippen LogP contribution >= 0.6 is 0 Å².